The fourth-order valence-corrected chi connectivity index (χ4v) is 1.06. The van der Waals surface area contributed by atoms with Crippen LogP contribution in [-0.4, -0.2) is 20.9 Å². The third kappa shape index (κ3) is 1.84. The number of aryl methyl sites for hydroxylation is 2. The van der Waals surface area contributed by atoms with Gasteiger partial charge in [0, 0.05) is 18.3 Å². The summed E-state index contributed by atoms with van der Waals surface area (Å²) in [5, 5.41) is 12.7. The summed E-state index contributed by atoms with van der Waals surface area (Å²) in [5.41, 5.74) is 1.60. The Balaban J connectivity index is 2.84. The number of aliphatic carboxylic acids is 1. The topological polar surface area (TPSA) is 55.1 Å². The first kappa shape index (κ1) is 8.77. The molecule has 4 heteroatoms. The highest BCUT2D eigenvalue weighted by atomic mass is 16.4. The summed E-state index contributed by atoms with van der Waals surface area (Å²) < 4.78 is 1.74. The van der Waals surface area contributed by atoms with E-state index in [-0.39, 0.29) is 6.42 Å². The highest BCUT2D eigenvalue weighted by Gasteiger charge is 2.07. The van der Waals surface area contributed by atoms with E-state index >= 15 is 0 Å². The van der Waals surface area contributed by atoms with Crippen LogP contribution in [0.5, 0.6) is 0 Å². The Hall–Kier alpha value is -1.32. The van der Waals surface area contributed by atoms with Gasteiger partial charge in [-0.05, 0) is 13.8 Å². The van der Waals surface area contributed by atoms with Crippen molar-refractivity contribution >= 4 is 5.97 Å². The molecule has 0 unspecified atom stereocenters. The van der Waals surface area contributed by atoms with Crippen LogP contribution in [0.3, 0.4) is 0 Å². The molecule has 1 rings (SSSR count). The molecule has 0 aromatic carbocycles. The summed E-state index contributed by atoms with van der Waals surface area (Å²) in [6, 6.07) is 0. The minimum absolute atomic E-state index is 0.0613. The van der Waals surface area contributed by atoms with Crippen LogP contribution in [-0.2, 0) is 17.8 Å². The molecule has 0 atom stereocenters. The van der Waals surface area contributed by atoms with Gasteiger partial charge in [0.25, 0.3) is 0 Å². The number of hydrogen-bond acceptors (Lipinski definition) is 2. The molecule has 0 bridgehead atoms. The number of carboxylic acids is 1. The van der Waals surface area contributed by atoms with Crippen LogP contribution in [0.2, 0.25) is 0 Å². The molecule has 1 aromatic heterocycles. The molecular formula is C8H12N2O2. The molecule has 0 radical (unpaired) electrons. The van der Waals surface area contributed by atoms with Gasteiger partial charge in [0.05, 0.1) is 12.1 Å². The lowest BCUT2D eigenvalue weighted by Crippen LogP contribution is -2.00. The van der Waals surface area contributed by atoms with E-state index in [0.29, 0.717) is 0 Å². The molecule has 0 aliphatic carbocycles. The maximum absolute atomic E-state index is 10.4. The van der Waals surface area contributed by atoms with E-state index < -0.39 is 5.97 Å². The second-order valence-electron chi connectivity index (χ2n) is 2.67. The van der Waals surface area contributed by atoms with Gasteiger partial charge < -0.3 is 5.11 Å². The van der Waals surface area contributed by atoms with Gasteiger partial charge in [0.1, 0.15) is 0 Å². The van der Waals surface area contributed by atoms with Crippen LogP contribution in [0.25, 0.3) is 0 Å². The van der Waals surface area contributed by atoms with Crippen molar-refractivity contribution in [1.82, 2.24) is 9.78 Å². The van der Waals surface area contributed by atoms with Crippen molar-refractivity contribution in [3.8, 4) is 0 Å². The van der Waals surface area contributed by atoms with E-state index in [0.717, 1.165) is 17.8 Å². The zero-order valence-electron chi connectivity index (χ0n) is 7.24. The van der Waals surface area contributed by atoms with Gasteiger partial charge in [-0.3, -0.25) is 9.48 Å². The molecule has 0 amide bonds. The maximum atomic E-state index is 10.4. The maximum Gasteiger partial charge on any atom is 0.307 e. The summed E-state index contributed by atoms with van der Waals surface area (Å²) in [4.78, 5) is 10.4. The average molecular weight is 168 g/mol. The standard InChI is InChI=1S/C8H12N2O2/c1-3-10-5-7(4-8(11)12)6(2)9-10/h5H,3-4H2,1-2H3,(H,11,12). The van der Waals surface area contributed by atoms with Gasteiger partial charge in [0.15, 0.2) is 0 Å². The molecule has 0 aliphatic rings. The van der Waals surface area contributed by atoms with Crippen molar-refractivity contribution in [2.45, 2.75) is 26.8 Å². The third-order valence-electron chi connectivity index (χ3n) is 1.71. The van der Waals surface area contributed by atoms with E-state index in [2.05, 4.69) is 5.10 Å². The lowest BCUT2D eigenvalue weighted by atomic mass is 10.2. The molecule has 0 fully saturated rings. The summed E-state index contributed by atoms with van der Waals surface area (Å²) in [5.74, 6) is -0.811. The number of carboxylic acid groups (broad SMARTS) is 1. The first-order valence-corrected chi connectivity index (χ1v) is 3.88. The Morgan fingerprint density at radius 1 is 1.75 bits per heavy atom. The first-order valence-electron chi connectivity index (χ1n) is 3.88. The molecule has 0 saturated heterocycles. The molecule has 66 valence electrons. The lowest BCUT2D eigenvalue weighted by Gasteiger charge is -1.90. The van der Waals surface area contributed by atoms with Gasteiger partial charge in [-0.2, -0.15) is 5.10 Å². The second-order valence-corrected chi connectivity index (χ2v) is 2.67. The molecule has 4 nitrogen and oxygen atoms in total. The minimum atomic E-state index is -0.811. The van der Waals surface area contributed by atoms with Crippen LogP contribution in [0.15, 0.2) is 6.20 Å². The predicted octanol–water partition coefficient (Wildman–Crippen LogP) is 0.839. The fraction of sp³-hybridized carbons (Fsp3) is 0.500. The van der Waals surface area contributed by atoms with Crippen molar-refractivity contribution in [2.24, 2.45) is 0 Å². The van der Waals surface area contributed by atoms with Gasteiger partial charge in [-0.25, -0.2) is 0 Å². The highest BCUT2D eigenvalue weighted by Crippen LogP contribution is 2.05. The van der Waals surface area contributed by atoms with E-state index in [1.54, 1.807) is 10.9 Å². The van der Waals surface area contributed by atoms with Crippen molar-refractivity contribution < 1.29 is 9.90 Å². The quantitative estimate of drug-likeness (QED) is 0.727. The third-order valence-corrected chi connectivity index (χ3v) is 1.71. The Bertz CT molecular complexity index is 291. The minimum Gasteiger partial charge on any atom is -0.481 e. The zero-order chi connectivity index (χ0) is 9.14. The van der Waals surface area contributed by atoms with Crippen LogP contribution in [0.4, 0.5) is 0 Å². The Kier molecular flexibility index (Phi) is 2.47. The van der Waals surface area contributed by atoms with Crippen molar-refractivity contribution in [3.05, 3.63) is 17.5 Å². The number of aromatic nitrogens is 2. The molecule has 1 aromatic rings. The Labute approximate surface area is 70.8 Å². The molecule has 1 heterocycles. The van der Waals surface area contributed by atoms with E-state index in [1.807, 2.05) is 13.8 Å². The van der Waals surface area contributed by atoms with Gasteiger partial charge in [-0.1, -0.05) is 0 Å². The Morgan fingerprint density at radius 2 is 2.42 bits per heavy atom. The fourth-order valence-electron chi connectivity index (χ4n) is 1.06. The molecule has 12 heavy (non-hydrogen) atoms. The average Bonchev–Trinajstić information content (AvgIpc) is 2.31. The van der Waals surface area contributed by atoms with Crippen LogP contribution in [0.1, 0.15) is 18.2 Å². The molecule has 1 N–H and O–H groups in total. The van der Waals surface area contributed by atoms with Crippen molar-refractivity contribution in [2.75, 3.05) is 0 Å². The zero-order valence-corrected chi connectivity index (χ0v) is 7.24. The Morgan fingerprint density at radius 3 is 2.83 bits per heavy atom. The normalized spacial score (nSPS) is 10.2. The number of nitrogens with zero attached hydrogens (tertiary/aromatic N) is 2. The van der Waals surface area contributed by atoms with Crippen molar-refractivity contribution in [3.63, 3.8) is 0 Å². The van der Waals surface area contributed by atoms with E-state index in [1.165, 1.54) is 0 Å². The highest BCUT2D eigenvalue weighted by molar-refractivity contribution is 5.70. The molecule has 0 spiro atoms. The SMILES string of the molecule is CCn1cc(CC(=O)O)c(C)n1. The van der Waals surface area contributed by atoms with E-state index in [9.17, 15) is 4.79 Å². The van der Waals surface area contributed by atoms with Crippen molar-refractivity contribution in [1.29, 1.82) is 0 Å². The molecular weight excluding hydrogens is 156 g/mol. The van der Waals surface area contributed by atoms with Crippen LogP contribution in [0, 0.1) is 6.92 Å². The second kappa shape index (κ2) is 3.38. The smallest absolute Gasteiger partial charge is 0.307 e. The summed E-state index contributed by atoms with van der Waals surface area (Å²) >= 11 is 0. The van der Waals surface area contributed by atoms with Gasteiger partial charge in [-0.15, -0.1) is 0 Å². The lowest BCUT2D eigenvalue weighted by molar-refractivity contribution is -0.136. The number of carbonyl (C=O) groups is 1. The van der Waals surface area contributed by atoms with Gasteiger partial charge >= 0.3 is 5.97 Å². The summed E-state index contributed by atoms with van der Waals surface area (Å²) in [6.45, 7) is 4.57. The summed E-state index contributed by atoms with van der Waals surface area (Å²) in [6.07, 6.45) is 1.84. The predicted molar refractivity (Wildman–Crippen MR) is 44.0 cm³/mol. The molecule has 0 aliphatic heterocycles. The monoisotopic (exact) mass is 168 g/mol. The van der Waals surface area contributed by atoms with Crippen LogP contribution < -0.4 is 0 Å². The first-order chi connectivity index (χ1) is 5.63. The largest absolute Gasteiger partial charge is 0.481 e. The van der Waals surface area contributed by atoms with Gasteiger partial charge in [0.2, 0.25) is 0 Å². The van der Waals surface area contributed by atoms with E-state index in [4.69, 9.17) is 5.11 Å². The number of rotatable bonds is 3. The molecule has 0 saturated carbocycles. The van der Waals surface area contributed by atoms with Crippen LogP contribution >= 0.6 is 0 Å². The number of hydrogen-bond donors (Lipinski definition) is 1. The summed E-state index contributed by atoms with van der Waals surface area (Å²) in [7, 11) is 0.